The molecule has 138 valence electrons. The van der Waals surface area contributed by atoms with E-state index in [1.165, 1.54) is 34.1 Å². The van der Waals surface area contributed by atoms with Crippen LogP contribution in [0.4, 0.5) is 0 Å². The Morgan fingerprint density at radius 3 is 2.74 bits per heavy atom. The number of aromatic hydroxyl groups is 1. The summed E-state index contributed by atoms with van der Waals surface area (Å²) < 4.78 is 2.43. The Balaban J connectivity index is 1.64. The number of nitrogens with zero attached hydrogens (tertiary/aromatic N) is 2. The van der Waals surface area contributed by atoms with Gasteiger partial charge < -0.3 is 14.6 Å². The van der Waals surface area contributed by atoms with Gasteiger partial charge in [-0.2, -0.15) is 0 Å². The fourth-order valence-electron chi connectivity index (χ4n) is 6.80. The van der Waals surface area contributed by atoms with Gasteiger partial charge in [-0.15, -0.1) is 0 Å². The second-order valence-corrected chi connectivity index (χ2v) is 9.22. The number of phenols is 1. The van der Waals surface area contributed by atoms with Crippen molar-refractivity contribution in [3.8, 4) is 5.75 Å². The zero-order valence-electron chi connectivity index (χ0n) is 16.1. The van der Waals surface area contributed by atoms with Gasteiger partial charge in [0, 0.05) is 41.0 Å². The third kappa shape index (κ3) is 1.81. The molecule has 0 radical (unpaired) electrons. The number of hydrogen-bond acceptors (Lipinski definition) is 2. The molecule has 3 heteroatoms. The molecule has 0 amide bonds. The summed E-state index contributed by atoms with van der Waals surface area (Å²) in [6, 6.07) is 15.0. The maximum Gasteiger partial charge on any atom is 0.115 e. The van der Waals surface area contributed by atoms with Gasteiger partial charge in [0.05, 0.1) is 0 Å². The number of aryl methyl sites for hydroxylation is 1. The molecule has 0 bridgehead atoms. The minimum Gasteiger partial charge on any atom is -0.508 e. The molecular weight excluding hydrogens is 332 g/mol. The molecule has 1 N–H and O–H groups in total. The fourth-order valence-corrected chi connectivity index (χ4v) is 6.80. The van der Waals surface area contributed by atoms with Gasteiger partial charge in [0.15, 0.2) is 0 Å². The van der Waals surface area contributed by atoms with Gasteiger partial charge in [0.2, 0.25) is 0 Å². The quantitative estimate of drug-likeness (QED) is 0.662. The van der Waals surface area contributed by atoms with Gasteiger partial charge in [0.25, 0.3) is 0 Å². The third-order valence-corrected chi connectivity index (χ3v) is 7.97. The molecule has 0 spiro atoms. The van der Waals surface area contributed by atoms with Crippen LogP contribution in [-0.4, -0.2) is 34.7 Å². The maximum atomic E-state index is 10.3. The largest absolute Gasteiger partial charge is 0.508 e. The molecule has 2 aromatic carbocycles. The van der Waals surface area contributed by atoms with E-state index in [9.17, 15) is 5.11 Å². The van der Waals surface area contributed by atoms with Crippen molar-refractivity contribution < 1.29 is 5.11 Å². The number of benzene rings is 2. The van der Waals surface area contributed by atoms with Crippen LogP contribution in [-0.2, 0) is 31.7 Å². The molecule has 1 aliphatic heterocycles. The van der Waals surface area contributed by atoms with Crippen LogP contribution >= 0.6 is 0 Å². The van der Waals surface area contributed by atoms with E-state index >= 15 is 0 Å². The van der Waals surface area contributed by atoms with Crippen molar-refractivity contribution in [1.29, 1.82) is 0 Å². The van der Waals surface area contributed by atoms with Crippen molar-refractivity contribution in [3.05, 3.63) is 64.8 Å². The van der Waals surface area contributed by atoms with Gasteiger partial charge in [-0.25, -0.2) is 0 Å². The summed E-state index contributed by atoms with van der Waals surface area (Å²) in [5, 5.41) is 11.7. The van der Waals surface area contributed by atoms with E-state index in [2.05, 4.69) is 60.0 Å². The zero-order valence-corrected chi connectivity index (χ0v) is 16.1. The number of fused-ring (bicyclic) bond motifs is 4. The first-order valence-corrected chi connectivity index (χ1v) is 10.1. The molecular formula is C24H26N2O. The molecule has 3 aromatic rings. The summed E-state index contributed by atoms with van der Waals surface area (Å²) >= 11 is 0. The van der Waals surface area contributed by atoms with Gasteiger partial charge in [-0.1, -0.05) is 24.3 Å². The Kier molecular flexibility index (Phi) is 2.90. The average Bonchev–Trinajstić information content (AvgIpc) is 3.09. The van der Waals surface area contributed by atoms with Crippen LogP contribution in [0.15, 0.2) is 42.5 Å². The zero-order chi connectivity index (χ0) is 18.4. The van der Waals surface area contributed by atoms with Gasteiger partial charge in [-0.05, 0) is 74.2 Å². The lowest BCUT2D eigenvalue weighted by molar-refractivity contribution is 0.0151. The Morgan fingerprint density at radius 1 is 1.00 bits per heavy atom. The van der Waals surface area contributed by atoms with Crippen molar-refractivity contribution in [1.82, 2.24) is 9.47 Å². The molecule has 0 unspecified atom stereocenters. The molecule has 1 fully saturated rings. The third-order valence-electron chi connectivity index (χ3n) is 7.97. The van der Waals surface area contributed by atoms with Crippen molar-refractivity contribution in [2.75, 3.05) is 20.1 Å². The molecule has 6 rings (SSSR count). The highest BCUT2D eigenvalue weighted by Gasteiger charge is 2.61. The van der Waals surface area contributed by atoms with Crippen LogP contribution in [0.3, 0.4) is 0 Å². The van der Waals surface area contributed by atoms with Crippen LogP contribution < -0.4 is 0 Å². The fraction of sp³-hybridized carbons (Fsp3) is 0.417. The van der Waals surface area contributed by atoms with Crippen LogP contribution in [0, 0.1) is 5.41 Å². The van der Waals surface area contributed by atoms with Crippen LogP contribution in [0.1, 0.15) is 28.8 Å². The lowest BCUT2D eigenvalue weighted by Crippen LogP contribution is -2.59. The van der Waals surface area contributed by atoms with E-state index in [1.54, 1.807) is 5.56 Å². The number of rotatable bonds is 0. The first-order valence-electron chi connectivity index (χ1n) is 10.1. The molecule has 1 saturated heterocycles. The number of para-hydroxylation sites is 1. The van der Waals surface area contributed by atoms with Gasteiger partial charge in [0.1, 0.15) is 5.75 Å². The Hall–Kier alpha value is -2.26. The first-order chi connectivity index (χ1) is 13.0. The molecule has 2 heterocycles. The predicted molar refractivity (Wildman–Crippen MR) is 108 cm³/mol. The minimum absolute atomic E-state index is 0.155. The molecule has 2 atom stereocenters. The molecule has 3 aliphatic rings. The van der Waals surface area contributed by atoms with E-state index in [0.717, 1.165) is 32.4 Å². The predicted octanol–water partition coefficient (Wildman–Crippen LogP) is 3.80. The summed E-state index contributed by atoms with van der Waals surface area (Å²) in [4.78, 5) is 2.53. The van der Waals surface area contributed by atoms with E-state index in [-0.39, 0.29) is 10.8 Å². The van der Waals surface area contributed by atoms with Crippen molar-refractivity contribution in [3.63, 3.8) is 0 Å². The topological polar surface area (TPSA) is 28.4 Å². The lowest BCUT2D eigenvalue weighted by atomic mass is 9.53. The first kappa shape index (κ1) is 15.8. The number of aromatic nitrogens is 1. The second kappa shape index (κ2) is 4.96. The highest BCUT2D eigenvalue weighted by Crippen LogP contribution is 2.62. The Labute approximate surface area is 160 Å². The van der Waals surface area contributed by atoms with Crippen molar-refractivity contribution in [2.24, 2.45) is 12.5 Å². The standard InChI is InChI=1S/C24H26N2O/c1-25-10-9-24-14-22-19(18-5-3-4-6-21(18)26(22)2)13-23(24,15-25)12-16-7-8-17(27)11-20(16)24/h3-8,11,27H,9-10,12-15H2,1-2H3/t23-,24-/m1/s1. The SMILES string of the molecule is CN1CC[C@]23Cc4c(c5ccccc5n4C)C[C@]2(Cc2ccc(O)cc23)C1. The summed E-state index contributed by atoms with van der Waals surface area (Å²) in [5.41, 5.74) is 7.71. The van der Waals surface area contributed by atoms with E-state index in [0.29, 0.717) is 5.75 Å². The minimum atomic E-state index is 0.155. The smallest absolute Gasteiger partial charge is 0.115 e. The molecule has 27 heavy (non-hydrogen) atoms. The molecule has 2 aliphatic carbocycles. The van der Waals surface area contributed by atoms with E-state index < -0.39 is 0 Å². The molecule has 1 aromatic heterocycles. The van der Waals surface area contributed by atoms with Crippen LogP contribution in [0.2, 0.25) is 0 Å². The van der Waals surface area contributed by atoms with Crippen LogP contribution in [0.25, 0.3) is 10.9 Å². The van der Waals surface area contributed by atoms with Crippen LogP contribution in [0.5, 0.6) is 5.75 Å². The summed E-state index contributed by atoms with van der Waals surface area (Å²) in [6.45, 7) is 2.28. The summed E-state index contributed by atoms with van der Waals surface area (Å²) in [6.07, 6.45) is 4.55. The van der Waals surface area contributed by atoms with Crippen molar-refractivity contribution >= 4 is 10.9 Å². The average molecular weight is 358 g/mol. The summed E-state index contributed by atoms with van der Waals surface area (Å²) in [5.74, 6) is 0.417. The normalized spacial score (nSPS) is 29.3. The molecule has 3 nitrogen and oxygen atoms in total. The Bertz CT molecular complexity index is 1100. The van der Waals surface area contributed by atoms with Gasteiger partial charge in [-0.3, -0.25) is 0 Å². The summed E-state index contributed by atoms with van der Waals surface area (Å²) in [7, 11) is 4.51. The van der Waals surface area contributed by atoms with E-state index in [1.807, 2.05) is 6.07 Å². The number of hydrogen-bond donors (Lipinski definition) is 1. The number of piperidine rings is 1. The lowest BCUT2D eigenvalue weighted by Gasteiger charge is -2.55. The molecule has 0 saturated carbocycles. The monoisotopic (exact) mass is 358 g/mol. The highest BCUT2D eigenvalue weighted by molar-refractivity contribution is 5.86. The maximum absolute atomic E-state index is 10.3. The highest BCUT2D eigenvalue weighted by atomic mass is 16.3. The van der Waals surface area contributed by atoms with Crippen molar-refractivity contribution in [2.45, 2.75) is 31.1 Å². The van der Waals surface area contributed by atoms with E-state index in [4.69, 9.17) is 0 Å². The Morgan fingerprint density at radius 2 is 1.85 bits per heavy atom. The van der Waals surface area contributed by atoms with Gasteiger partial charge >= 0.3 is 0 Å². The number of likely N-dealkylation sites (tertiary alicyclic amines) is 1. The second-order valence-electron chi connectivity index (χ2n) is 9.22. The number of phenolic OH excluding ortho intramolecular Hbond substituents is 1.